The Morgan fingerprint density at radius 2 is 1.95 bits per heavy atom. The van der Waals surface area contributed by atoms with Crippen molar-refractivity contribution in [3.8, 4) is 0 Å². The number of thiophene rings is 1. The topological polar surface area (TPSA) is 87.5 Å². The van der Waals surface area contributed by atoms with Gasteiger partial charge in [0.2, 0.25) is 0 Å². The summed E-state index contributed by atoms with van der Waals surface area (Å²) in [5.74, 6) is -0.435. The summed E-state index contributed by atoms with van der Waals surface area (Å²) in [6, 6.07) is 0. The number of nitrogen functional groups attached to an aromatic ring is 1. The minimum atomic E-state index is -0.236. The van der Waals surface area contributed by atoms with Gasteiger partial charge in [-0.25, -0.2) is 0 Å². The molecule has 2 heterocycles. The largest absolute Gasteiger partial charge is 0.397 e. The third-order valence-electron chi connectivity index (χ3n) is 3.52. The molecular formula is C14H22N4O2S. The van der Waals surface area contributed by atoms with Crippen molar-refractivity contribution >= 4 is 33.8 Å². The zero-order chi connectivity index (χ0) is 15.4. The van der Waals surface area contributed by atoms with Gasteiger partial charge in [-0.05, 0) is 19.3 Å². The Hall–Kier alpha value is -1.76. The Balaban J connectivity index is 2.38. The number of nitrogens with two attached hydrogens (primary N) is 1. The van der Waals surface area contributed by atoms with Crippen molar-refractivity contribution in [3.05, 3.63) is 10.4 Å². The first-order chi connectivity index (χ1) is 10.1. The molecule has 1 aliphatic heterocycles. The molecule has 0 aromatic carbocycles. The molecule has 0 unspecified atom stereocenters. The summed E-state index contributed by atoms with van der Waals surface area (Å²) in [5.41, 5.74) is 6.81. The average Bonchev–Trinajstić information content (AvgIpc) is 3.11. The molecule has 116 valence electrons. The molecule has 0 bridgehead atoms. The molecule has 7 heteroatoms. The summed E-state index contributed by atoms with van der Waals surface area (Å²) in [6.45, 7) is 4.40. The second-order valence-corrected chi connectivity index (χ2v) is 6.05. The van der Waals surface area contributed by atoms with Gasteiger partial charge in [0, 0.05) is 26.7 Å². The van der Waals surface area contributed by atoms with E-state index in [1.165, 1.54) is 11.3 Å². The van der Waals surface area contributed by atoms with E-state index < -0.39 is 0 Å². The second kappa shape index (κ2) is 6.80. The fourth-order valence-corrected chi connectivity index (χ4v) is 3.59. The molecule has 0 saturated carbocycles. The first kappa shape index (κ1) is 15.6. The van der Waals surface area contributed by atoms with E-state index in [1.807, 2.05) is 6.92 Å². The van der Waals surface area contributed by atoms with Gasteiger partial charge >= 0.3 is 0 Å². The predicted octanol–water partition coefficient (Wildman–Crippen LogP) is 1.43. The van der Waals surface area contributed by atoms with Gasteiger partial charge in [0.15, 0.2) is 0 Å². The summed E-state index contributed by atoms with van der Waals surface area (Å²) < 4.78 is 0. The first-order valence-electron chi connectivity index (χ1n) is 7.27. The Morgan fingerprint density at radius 1 is 1.29 bits per heavy atom. The van der Waals surface area contributed by atoms with Crippen LogP contribution >= 0.6 is 11.3 Å². The lowest BCUT2D eigenvalue weighted by molar-refractivity contribution is 0.0957. The lowest BCUT2D eigenvalue weighted by Gasteiger charge is -2.16. The predicted molar refractivity (Wildman–Crippen MR) is 86.2 cm³/mol. The Morgan fingerprint density at radius 3 is 2.52 bits per heavy atom. The first-order valence-corrected chi connectivity index (χ1v) is 8.09. The highest BCUT2D eigenvalue weighted by atomic mass is 32.1. The number of carbonyl (C=O) groups is 2. The number of hydrogen-bond donors (Lipinski definition) is 3. The van der Waals surface area contributed by atoms with Crippen LogP contribution in [0.1, 0.15) is 46.2 Å². The van der Waals surface area contributed by atoms with Crippen molar-refractivity contribution in [2.75, 3.05) is 37.3 Å². The summed E-state index contributed by atoms with van der Waals surface area (Å²) in [5, 5.41) is 6.24. The summed E-state index contributed by atoms with van der Waals surface area (Å²) in [4.78, 5) is 26.9. The van der Waals surface area contributed by atoms with Gasteiger partial charge < -0.3 is 21.3 Å². The van der Waals surface area contributed by atoms with Crippen LogP contribution in [0.3, 0.4) is 0 Å². The van der Waals surface area contributed by atoms with E-state index in [9.17, 15) is 9.59 Å². The summed E-state index contributed by atoms with van der Waals surface area (Å²) >= 11 is 1.31. The van der Waals surface area contributed by atoms with Gasteiger partial charge in [-0.2, -0.15) is 0 Å². The minimum Gasteiger partial charge on any atom is -0.397 e. The quantitative estimate of drug-likeness (QED) is 0.768. The van der Waals surface area contributed by atoms with Crippen LogP contribution < -0.4 is 21.3 Å². The highest BCUT2D eigenvalue weighted by Crippen LogP contribution is 2.39. The van der Waals surface area contributed by atoms with E-state index in [4.69, 9.17) is 5.73 Å². The van der Waals surface area contributed by atoms with Crippen molar-refractivity contribution in [1.82, 2.24) is 10.6 Å². The fraction of sp³-hybridized carbons (Fsp3) is 0.571. The van der Waals surface area contributed by atoms with Crippen LogP contribution in [0, 0.1) is 0 Å². The number of carbonyl (C=O) groups excluding carboxylic acids is 2. The lowest BCUT2D eigenvalue weighted by atomic mass is 10.2. The van der Waals surface area contributed by atoms with E-state index in [0.717, 1.165) is 37.4 Å². The van der Waals surface area contributed by atoms with E-state index in [-0.39, 0.29) is 17.5 Å². The maximum Gasteiger partial charge on any atom is 0.263 e. The molecule has 0 radical (unpaired) electrons. The van der Waals surface area contributed by atoms with Crippen LogP contribution in [-0.2, 0) is 0 Å². The van der Waals surface area contributed by atoms with Crippen LogP contribution in [-0.4, -0.2) is 38.5 Å². The van der Waals surface area contributed by atoms with E-state index >= 15 is 0 Å². The molecular weight excluding hydrogens is 288 g/mol. The fourth-order valence-electron chi connectivity index (χ4n) is 2.41. The van der Waals surface area contributed by atoms with Gasteiger partial charge in [-0.3, -0.25) is 9.59 Å². The minimum absolute atomic E-state index is 0.199. The monoisotopic (exact) mass is 310 g/mol. The number of amides is 2. The second-order valence-electron chi connectivity index (χ2n) is 5.05. The molecule has 2 amide bonds. The van der Waals surface area contributed by atoms with Gasteiger partial charge in [0.25, 0.3) is 11.8 Å². The zero-order valence-electron chi connectivity index (χ0n) is 12.5. The van der Waals surface area contributed by atoms with Crippen molar-refractivity contribution in [1.29, 1.82) is 0 Å². The summed E-state index contributed by atoms with van der Waals surface area (Å²) in [6.07, 6.45) is 3.06. The van der Waals surface area contributed by atoms with E-state index in [0.29, 0.717) is 17.0 Å². The maximum absolute atomic E-state index is 12.2. The van der Waals surface area contributed by atoms with Crippen molar-refractivity contribution in [2.45, 2.75) is 26.2 Å². The normalized spacial score (nSPS) is 14.3. The summed E-state index contributed by atoms with van der Waals surface area (Å²) in [7, 11) is 1.57. The van der Waals surface area contributed by atoms with Gasteiger partial charge in [0.05, 0.1) is 11.3 Å². The smallest absolute Gasteiger partial charge is 0.263 e. The number of rotatable bonds is 5. The lowest BCUT2D eigenvalue weighted by Crippen LogP contribution is -2.25. The standard InChI is InChI=1S/C14H22N4O2S/c1-3-6-17-13(20)11-10(15)9(12(19)16-2)14(21-11)18-7-4-5-8-18/h3-8,15H2,1-2H3,(H,16,19)(H,17,20). The zero-order valence-corrected chi connectivity index (χ0v) is 13.3. The molecule has 1 saturated heterocycles. The maximum atomic E-state index is 12.2. The molecule has 4 N–H and O–H groups in total. The van der Waals surface area contributed by atoms with Crippen LogP contribution in [0.5, 0.6) is 0 Å². The molecule has 6 nitrogen and oxygen atoms in total. The van der Waals surface area contributed by atoms with Gasteiger partial charge in [0.1, 0.15) is 9.88 Å². The van der Waals surface area contributed by atoms with Gasteiger partial charge in [-0.15, -0.1) is 11.3 Å². The Bertz CT molecular complexity index is 535. The molecule has 0 atom stereocenters. The Kier molecular flexibility index (Phi) is 5.06. The third kappa shape index (κ3) is 3.12. The highest BCUT2D eigenvalue weighted by Gasteiger charge is 2.28. The van der Waals surface area contributed by atoms with Crippen LogP contribution in [0.25, 0.3) is 0 Å². The van der Waals surface area contributed by atoms with Crippen LogP contribution in [0.2, 0.25) is 0 Å². The molecule has 2 rings (SSSR count). The van der Waals surface area contributed by atoms with Crippen LogP contribution in [0.15, 0.2) is 0 Å². The number of nitrogens with zero attached hydrogens (tertiary/aromatic N) is 1. The van der Waals surface area contributed by atoms with Crippen molar-refractivity contribution in [2.24, 2.45) is 0 Å². The van der Waals surface area contributed by atoms with E-state index in [1.54, 1.807) is 7.05 Å². The molecule has 0 aliphatic carbocycles. The third-order valence-corrected chi connectivity index (χ3v) is 4.78. The molecule has 21 heavy (non-hydrogen) atoms. The van der Waals surface area contributed by atoms with Crippen LogP contribution in [0.4, 0.5) is 10.7 Å². The Labute approximate surface area is 128 Å². The molecule has 1 fully saturated rings. The van der Waals surface area contributed by atoms with Crippen molar-refractivity contribution < 1.29 is 9.59 Å². The SMILES string of the molecule is CCCNC(=O)c1sc(N2CCCC2)c(C(=O)NC)c1N. The van der Waals surface area contributed by atoms with Gasteiger partial charge in [-0.1, -0.05) is 6.92 Å². The van der Waals surface area contributed by atoms with Crippen molar-refractivity contribution in [3.63, 3.8) is 0 Å². The highest BCUT2D eigenvalue weighted by molar-refractivity contribution is 7.19. The number of hydrogen-bond acceptors (Lipinski definition) is 5. The molecule has 1 aliphatic rings. The average molecular weight is 310 g/mol. The number of anilines is 2. The molecule has 1 aromatic heterocycles. The molecule has 0 spiro atoms. The van der Waals surface area contributed by atoms with E-state index in [2.05, 4.69) is 15.5 Å². The number of nitrogens with one attached hydrogen (secondary N) is 2. The molecule has 1 aromatic rings.